The quantitative estimate of drug-likeness (QED) is 0.506. The lowest BCUT2D eigenvalue weighted by Gasteiger charge is -2.32. The highest BCUT2D eigenvalue weighted by Gasteiger charge is 2.35. The zero-order chi connectivity index (χ0) is 20.7. The zero-order valence-corrected chi connectivity index (χ0v) is 16.5. The van der Waals surface area contributed by atoms with Gasteiger partial charge in [0.25, 0.3) is 20.2 Å². The van der Waals surface area contributed by atoms with Crippen molar-refractivity contribution in [3.63, 3.8) is 0 Å². The zero-order valence-electron chi connectivity index (χ0n) is 14.8. The molecule has 27 heavy (non-hydrogen) atoms. The van der Waals surface area contributed by atoms with Crippen molar-refractivity contribution in [1.29, 1.82) is 0 Å². The van der Waals surface area contributed by atoms with E-state index in [0.29, 0.717) is 0 Å². The summed E-state index contributed by atoms with van der Waals surface area (Å²) in [5.74, 6) is 0. The molecule has 8 nitrogen and oxygen atoms in total. The Hall–Kier alpha value is -2.14. The fourth-order valence-corrected chi connectivity index (χ4v) is 4.82. The van der Waals surface area contributed by atoms with E-state index in [9.17, 15) is 25.9 Å². The maximum atomic E-state index is 11.7. The van der Waals surface area contributed by atoms with Gasteiger partial charge in [0.15, 0.2) is 0 Å². The molecule has 2 rings (SSSR count). The van der Waals surface area contributed by atoms with Crippen LogP contribution in [0.4, 0.5) is 0 Å². The average Bonchev–Trinajstić information content (AvgIpc) is 2.71. The summed E-state index contributed by atoms with van der Waals surface area (Å²) in [5.41, 5.74) is 9.37. The van der Waals surface area contributed by atoms with Crippen LogP contribution < -0.4 is 11.5 Å². The molecular formula is C17H22N2O6S2. The summed E-state index contributed by atoms with van der Waals surface area (Å²) in [5, 5.41) is 0. The first-order valence-electron chi connectivity index (χ1n) is 7.87. The Kier molecular flexibility index (Phi) is 5.32. The van der Waals surface area contributed by atoms with E-state index >= 15 is 0 Å². The van der Waals surface area contributed by atoms with Crippen LogP contribution in [0.1, 0.15) is 20.3 Å². The lowest BCUT2D eigenvalue weighted by molar-refractivity contribution is 0.360. The van der Waals surface area contributed by atoms with E-state index in [1.54, 1.807) is 38.2 Å². The van der Waals surface area contributed by atoms with E-state index in [1.807, 2.05) is 0 Å². The van der Waals surface area contributed by atoms with Crippen LogP contribution >= 0.6 is 0 Å². The molecule has 0 aromatic carbocycles. The Balaban J connectivity index is 2.57. The summed E-state index contributed by atoms with van der Waals surface area (Å²) < 4.78 is 65.6. The van der Waals surface area contributed by atoms with Gasteiger partial charge < -0.3 is 11.5 Å². The van der Waals surface area contributed by atoms with Gasteiger partial charge >= 0.3 is 0 Å². The monoisotopic (exact) mass is 414 g/mol. The maximum Gasteiger partial charge on any atom is 0.296 e. The second kappa shape index (κ2) is 6.79. The molecule has 0 spiro atoms. The van der Waals surface area contributed by atoms with Crippen molar-refractivity contribution >= 4 is 20.2 Å². The first-order chi connectivity index (χ1) is 12.2. The third kappa shape index (κ3) is 4.98. The fraction of sp³-hybridized carbons (Fsp3) is 0.294. The summed E-state index contributed by atoms with van der Waals surface area (Å²) in [6, 6.07) is 0. The molecule has 2 aliphatic rings. The van der Waals surface area contributed by atoms with Gasteiger partial charge in [-0.05, 0) is 18.6 Å². The van der Waals surface area contributed by atoms with Crippen molar-refractivity contribution < 1.29 is 25.9 Å². The van der Waals surface area contributed by atoms with Gasteiger partial charge in [-0.15, -0.1) is 0 Å². The Bertz CT molecular complexity index is 961. The predicted molar refractivity (Wildman–Crippen MR) is 103 cm³/mol. The molecule has 0 heterocycles. The smallest absolute Gasteiger partial charge is 0.296 e. The number of hydrogen-bond donors (Lipinski definition) is 4. The fourth-order valence-electron chi connectivity index (χ4n) is 3.26. The number of rotatable bonds is 4. The van der Waals surface area contributed by atoms with E-state index in [0.717, 1.165) is 0 Å². The van der Waals surface area contributed by atoms with Crippen LogP contribution in [0, 0.1) is 10.8 Å². The largest absolute Gasteiger partial charge is 0.398 e. The van der Waals surface area contributed by atoms with Gasteiger partial charge in [-0.25, -0.2) is 0 Å². The third-order valence-corrected chi connectivity index (χ3v) is 6.13. The predicted octanol–water partition coefficient (Wildman–Crippen LogP) is 1.76. The van der Waals surface area contributed by atoms with Crippen molar-refractivity contribution in [2.24, 2.45) is 22.3 Å². The first-order valence-corrected chi connectivity index (χ1v) is 10.7. The minimum atomic E-state index is -4.55. The number of nitrogens with two attached hydrogens (primary N) is 2. The van der Waals surface area contributed by atoms with Crippen molar-refractivity contribution in [3.05, 3.63) is 69.8 Å². The van der Waals surface area contributed by atoms with E-state index in [4.69, 9.17) is 11.5 Å². The molecule has 2 unspecified atom stereocenters. The molecule has 6 N–H and O–H groups in total. The van der Waals surface area contributed by atoms with Crippen LogP contribution in [-0.4, -0.2) is 25.9 Å². The van der Waals surface area contributed by atoms with Crippen LogP contribution in [-0.2, 0) is 20.2 Å². The highest BCUT2D eigenvalue weighted by Crippen LogP contribution is 2.43. The standard InChI is InChI=1S/C17H22N2O6S2/c1-16(7-3-5-12(18)14(9-16)26(20,21)22)11-17(2)8-4-6-13(19)15(10-17)27(23,24)25/h3-10H,11,18-19H2,1-2H3,(H,20,21,22)(H,23,24,25). The Morgan fingerprint density at radius 3 is 1.44 bits per heavy atom. The minimum absolute atomic E-state index is 0.112. The topological polar surface area (TPSA) is 161 Å². The summed E-state index contributed by atoms with van der Waals surface area (Å²) in [7, 11) is -9.10. The molecule has 10 heteroatoms. The molecule has 0 fully saturated rings. The second-order valence-electron chi connectivity index (χ2n) is 7.12. The minimum Gasteiger partial charge on any atom is -0.398 e. The van der Waals surface area contributed by atoms with Crippen LogP contribution in [0.15, 0.2) is 69.8 Å². The van der Waals surface area contributed by atoms with E-state index in [1.165, 1.54) is 24.3 Å². The van der Waals surface area contributed by atoms with Gasteiger partial charge in [0.1, 0.15) is 9.81 Å². The average molecular weight is 415 g/mol. The molecule has 0 amide bonds. The van der Waals surface area contributed by atoms with Gasteiger partial charge in [-0.1, -0.05) is 50.3 Å². The highest BCUT2D eigenvalue weighted by molar-refractivity contribution is 7.90. The third-order valence-electron chi connectivity index (χ3n) is 4.31. The Morgan fingerprint density at radius 1 is 0.815 bits per heavy atom. The molecule has 2 aliphatic carbocycles. The van der Waals surface area contributed by atoms with Crippen LogP contribution in [0.3, 0.4) is 0 Å². The Morgan fingerprint density at radius 2 is 1.15 bits per heavy atom. The number of allylic oxidation sites excluding steroid dienone is 8. The van der Waals surface area contributed by atoms with Crippen molar-refractivity contribution in [1.82, 2.24) is 0 Å². The van der Waals surface area contributed by atoms with E-state index in [2.05, 4.69) is 0 Å². The SMILES string of the molecule is CC1(CC2(C)C=CC=C(N)C(S(=O)(=O)O)=C2)C=CC=C(N)C(S(=O)(=O)O)=C1. The lowest BCUT2D eigenvalue weighted by atomic mass is 9.72. The highest BCUT2D eigenvalue weighted by atomic mass is 32.2. The molecule has 0 saturated carbocycles. The van der Waals surface area contributed by atoms with Crippen LogP contribution in [0.25, 0.3) is 0 Å². The van der Waals surface area contributed by atoms with Gasteiger partial charge in [0, 0.05) is 10.8 Å². The van der Waals surface area contributed by atoms with Crippen molar-refractivity contribution in [3.8, 4) is 0 Å². The van der Waals surface area contributed by atoms with E-state index < -0.39 is 40.9 Å². The molecule has 2 atom stereocenters. The molecule has 0 radical (unpaired) electrons. The first kappa shape index (κ1) is 21.2. The molecule has 0 bridgehead atoms. The van der Waals surface area contributed by atoms with Crippen molar-refractivity contribution in [2.75, 3.05) is 0 Å². The molecular weight excluding hydrogens is 392 g/mol. The van der Waals surface area contributed by atoms with Gasteiger partial charge in [0.05, 0.1) is 11.4 Å². The van der Waals surface area contributed by atoms with Crippen LogP contribution in [0.5, 0.6) is 0 Å². The number of hydrogen-bond acceptors (Lipinski definition) is 6. The summed E-state index contributed by atoms with van der Waals surface area (Å²) in [6.45, 7) is 3.42. The molecule has 0 aliphatic heterocycles. The van der Waals surface area contributed by atoms with Crippen molar-refractivity contribution in [2.45, 2.75) is 20.3 Å². The molecule has 0 aromatic heterocycles. The Labute approximate surface area is 158 Å². The normalized spacial score (nSPS) is 29.2. The van der Waals surface area contributed by atoms with Gasteiger partial charge in [-0.3, -0.25) is 9.11 Å². The van der Waals surface area contributed by atoms with Crippen LogP contribution in [0.2, 0.25) is 0 Å². The molecule has 148 valence electrons. The summed E-state index contributed by atoms with van der Waals surface area (Å²) >= 11 is 0. The summed E-state index contributed by atoms with van der Waals surface area (Å²) in [6.07, 6.45) is 12.1. The lowest BCUT2D eigenvalue weighted by Crippen LogP contribution is -2.24. The molecule has 0 aromatic rings. The summed E-state index contributed by atoms with van der Waals surface area (Å²) in [4.78, 5) is -0.847. The van der Waals surface area contributed by atoms with E-state index in [-0.39, 0.29) is 17.8 Å². The maximum absolute atomic E-state index is 11.7. The molecule has 0 saturated heterocycles. The van der Waals surface area contributed by atoms with Gasteiger partial charge in [0.2, 0.25) is 0 Å². The van der Waals surface area contributed by atoms with Gasteiger partial charge in [-0.2, -0.15) is 16.8 Å². The second-order valence-corrected chi connectivity index (χ2v) is 9.90.